The number of ether oxygens (including phenoxy) is 1. The molecule has 4 N–H and O–H groups in total. The van der Waals surface area contributed by atoms with E-state index in [4.69, 9.17) is 20.5 Å². The summed E-state index contributed by atoms with van der Waals surface area (Å²) in [5.74, 6) is -0.569. The molecule has 18 heavy (non-hydrogen) atoms. The molecule has 98 valence electrons. The molecular formula is C12H18BNO4. The highest BCUT2D eigenvalue weighted by molar-refractivity contribution is 6.60. The van der Waals surface area contributed by atoms with E-state index in [1.807, 2.05) is 0 Å². The van der Waals surface area contributed by atoms with Crippen LogP contribution in [0.3, 0.4) is 0 Å². The number of hydrogen-bond donors (Lipinski definition) is 3. The molecule has 0 saturated heterocycles. The summed E-state index contributed by atoms with van der Waals surface area (Å²) >= 11 is 0. The van der Waals surface area contributed by atoms with Gasteiger partial charge in [0.25, 0.3) is 0 Å². The molecule has 0 heterocycles. The van der Waals surface area contributed by atoms with Crippen LogP contribution < -0.4 is 11.2 Å². The minimum absolute atomic E-state index is 0.0410. The zero-order valence-electron chi connectivity index (χ0n) is 11.0. The fraction of sp³-hybridized carbons (Fsp3) is 0.417. The summed E-state index contributed by atoms with van der Waals surface area (Å²) in [5.41, 5.74) is 6.10. The SMILES string of the molecule is Cc1ccc(B(O)O)c(N)c1C(=O)OC(C)(C)C. The molecule has 5 nitrogen and oxygen atoms in total. The summed E-state index contributed by atoms with van der Waals surface area (Å²) in [4.78, 5) is 12.0. The van der Waals surface area contributed by atoms with Crippen molar-refractivity contribution in [1.82, 2.24) is 0 Å². The Hall–Kier alpha value is -1.53. The van der Waals surface area contributed by atoms with E-state index in [1.54, 1.807) is 33.8 Å². The molecule has 1 aromatic rings. The number of esters is 1. The fourth-order valence-electron chi connectivity index (χ4n) is 1.57. The van der Waals surface area contributed by atoms with Crippen LogP contribution in [0.2, 0.25) is 0 Å². The number of rotatable bonds is 2. The largest absolute Gasteiger partial charge is 0.490 e. The molecule has 0 aromatic heterocycles. The predicted octanol–water partition coefficient (Wildman–Crippen LogP) is 0.212. The lowest BCUT2D eigenvalue weighted by molar-refractivity contribution is 0.00701. The van der Waals surface area contributed by atoms with Crippen molar-refractivity contribution in [2.24, 2.45) is 0 Å². The second-order valence-electron chi connectivity index (χ2n) is 5.14. The van der Waals surface area contributed by atoms with Crippen molar-refractivity contribution in [3.63, 3.8) is 0 Å². The maximum Gasteiger partial charge on any atom is 0.490 e. The second-order valence-corrected chi connectivity index (χ2v) is 5.14. The minimum atomic E-state index is -1.72. The number of nitrogen functional groups attached to an aromatic ring is 1. The highest BCUT2D eigenvalue weighted by Crippen LogP contribution is 2.19. The summed E-state index contributed by atoms with van der Waals surface area (Å²) in [7, 11) is -1.72. The predicted molar refractivity (Wildman–Crippen MR) is 70.6 cm³/mol. The third kappa shape index (κ3) is 3.24. The lowest BCUT2D eigenvalue weighted by atomic mass is 9.77. The van der Waals surface area contributed by atoms with Gasteiger partial charge in [-0.05, 0) is 33.3 Å². The molecule has 1 aromatic carbocycles. The zero-order chi connectivity index (χ0) is 14.1. The monoisotopic (exact) mass is 251 g/mol. The Morgan fingerprint density at radius 1 is 1.33 bits per heavy atom. The van der Waals surface area contributed by atoms with Crippen LogP contribution in [0.5, 0.6) is 0 Å². The molecule has 0 unspecified atom stereocenters. The zero-order valence-corrected chi connectivity index (χ0v) is 11.0. The summed E-state index contributed by atoms with van der Waals surface area (Å²) < 4.78 is 5.24. The van der Waals surface area contributed by atoms with E-state index in [1.165, 1.54) is 6.07 Å². The maximum atomic E-state index is 12.0. The molecule has 0 spiro atoms. The van der Waals surface area contributed by atoms with E-state index in [9.17, 15) is 4.79 Å². The Balaban J connectivity index is 3.23. The third-order valence-corrected chi connectivity index (χ3v) is 2.37. The fourth-order valence-corrected chi connectivity index (χ4v) is 1.57. The van der Waals surface area contributed by atoms with E-state index >= 15 is 0 Å². The van der Waals surface area contributed by atoms with Gasteiger partial charge in [0.1, 0.15) is 5.60 Å². The maximum absolute atomic E-state index is 12.0. The van der Waals surface area contributed by atoms with E-state index < -0.39 is 18.7 Å². The van der Waals surface area contributed by atoms with Gasteiger partial charge in [0.05, 0.1) is 5.56 Å². The topological polar surface area (TPSA) is 92.8 Å². The van der Waals surface area contributed by atoms with Gasteiger partial charge in [-0.15, -0.1) is 0 Å². The highest BCUT2D eigenvalue weighted by Gasteiger charge is 2.25. The molecule has 0 aliphatic rings. The van der Waals surface area contributed by atoms with E-state index in [2.05, 4.69) is 0 Å². The van der Waals surface area contributed by atoms with Crippen molar-refractivity contribution in [2.45, 2.75) is 33.3 Å². The average molecular weight is 251 g/mol. The quantitative estimate of drug-likeness (QED) is 0.397. The number of hydrogen-bond acceptors (Lipinski definition) is 5. The number of carbonyl (C=O) groups excluding carboxylic acids is 1. The van der Waals surface area contributed by atoms with Gasteiger partial charge in [-0.2, -0.15) is 0 Å². The molecule has 1 rings (SSSR count). The van der Waals surface area contributed by atoms with Gasteiger partial charge in [-0.3, -0.25) is 0 Å². The van der Waals surface area contributed by atoms with Crippen LogP contribution in [0.1, 0.15) is 36.7 Å². The molecule has 6 heteroatoms. The van der Waals surface area contributed by atoms with Crippen LogP contribution in [-0.2, 0) is 4.74 Å². The van der Waals surface area contributed by atoms with Gasteiger partial charge in [0, 0.05) is 11.2 Å². The van der Waals surface area contributed by atoms with Gasteiger partial charge in [0.15, 0.2) is 0 Å². The smallest absolute Gasteiger partial charge is 0.456 e. The first kappa shape index (κ1) is 14.5. The molecule has 0 radical (unpaired) electrons. The number of carbonyl (C=O) groups is 1. The lowest BCUT2D eigenvalue weighted by Gasteiger charge is -2.21. The first-order valence-corrected chi connectivity index (χ1v) is 5.62. The first-order chi connectivity index (χ1) is 8.13. The van der Waals surface area contributed by atoms with Crippen molar-refractivity contribution in [3.05, 3.63) is 23.3 Å². The Kier molecular flexibility index (Phi) is 4.03. The van der Waals surface area contributed by atoms with Crippen molar-refractivity contribution in [2.75, 3.05) is 5.73 Å². The summed E-state index contributed by atoms with van der Waals surface area (Å²) in [6.45, 7) is 6.96. The van der Waals surface area contributed by atoms with Gasteiger partial charge in [0.2, 0.25) is 0 Å². The number of nitrogens with two attached hydrogens (primary N) is 1. The average Bonchev–Trinajstić information content (AvgIpc) is 2.13. The van der Waals surface area contributed by atoms with Crippen LogP contribution in [0.25, 0.3) is 0 Å². The summed E-state index contributed by atoms with van der Waals surface area (Å²) in [5, 5.41) is 18.3. The van der Waals surface area contributed by atoms with Crippen molar-refractivity contribution in [1.29, 1.82) is 0 Å². The van der Waals surface area contributed by atoms with Gasteiger partial charge >= 0.3 is 13.1 Å². The Labute approximate surface area is 107 Å². The van der Waals surface area contributed by atoms with Crippen LogP contribution >= 0.6 is 0 Å². The van der Waals surface area contributed by atoms with E-state index in [-0.39, 0.29) is 16.7 Å². The number of benzene rings is 1. The Bertz CT molecular complexity index is 466. The number of aryl methyl sites for hydroxylation is 1. The molecule has 0 atom stereocenters. The minimum Gasteiger partial charge on any atom is -0.456 e. The molecule has 0 aliphatic carbocycles. The molecule has 0 aliphatic heterocycles. The van der Waals surface area contributed by atoms with E-state index in [0.717, 1.165) is 0 Å². The van der Waals surface area contributed by atoms with Crippen LogP contribution in [0.15, 0.2) is 12.1 Å². The van der Waals surface area contributed by atoms with Crippen molar-refractivity contribution in [3.8, 4) is 0 Å². The summed E-state index contributed by atoms with van der Waals surface area (Å²) in [6.07, 6.45) is 0. The van der Waals surface area contributed by atoms with E-state index in [0.29, 0.717) is 5.56 Å². The van der Waals surface area contributed by atoms with Crippen LogP contribution in [0.4, 0.5) is 5.69 Å². The first-order valence-electron chi connectivity index (χ1n) is 5.62. The standard InChI is InChI=1S/C12H18BNO4/c1-7-5-6-8(13(16)17)10(14)9(7)11(15)18-12(2,3)4/h5-6,16-17H,14H2,1-4H3. The Morgan fingerprint density at radius 2 is 1.89 bits per heavy atom. The summed E-state index contributed by atoms with van der Waals surface area (Å²) in [6, 6.07) is 3.08. The van der Waals surface area contributed by atoms with Crippen LogP contribution in [0, 0.1) is 6.92 Å². The molecule has 0 bridgehead atoms. The second kappa shape index (κ2) is 5.00. The molecular weight excluding hydrogens is 233 g/mol. The van der Waals surface area contributed by atoms with Crippen LogP contribution in [-0.4, -0.2) is 28.7 Å². The third-order valence-electron chi connectivity index (χ3n) is 2.37. The lowest BCUT2D eigenvalue weighted by Crippen LogP contribution is -2.34. The number of anilines is 1. The van der Waals surface area contributed by atoms with Gasteiger partial charge in [-0.1, -0.05) is 12.1 Å². The van der Waals surface area contributed by atoms with Gasteiger partial charge in [-0.25, -0.2) is 4.79 Å². The molecule has 0 amide bonds. The molecule has 0 saturated carbocycles. The molecule has 0 fully saturated rings. The normalized spacial score (nSPS) is 11.2. The Morgan fingerprint density at radius 3 is 2.33 bits per heavy atom. The van der Waals surface area contributed by atoms with Crippen molar-refractivity contribution < 1.29 is 19.6 Å². The van der Waals surface area contributed by atoms with Gasteiger partial charge < -0.3 is 20.5 Å². The highest BCUT2D eigenvalue weighted by atomic mass is 16.6. The van der Waals surface area contributed by atoms with Crippen molar-refractivity contribution >= 4 is 24.2 Å².